The summed E-state index contributed by atoms with van der Waals surface area (Å²) in [6.45, 7) is 1.85. The quantitative estimate of drug-likeness (QED) is 0.642. The molecule has 3 aromatic rings. The van der Waals surface area contributed by atoms with Crippen LogP contribution in [-0.4, -0.2) is 40.6 Å². The average Bonchev–Trinajstić information content (AvgIpc) is 3.16. The zero-order valence-electron chi connectivity index (χ0n) is 15.7. The van der Waals surface area contributed by atoms with E-state index in [0.29, 0.717) is 23.9 Å². The maximum Gasteiger partial charge on any atom is 0.243 e. The van der Waals surface area contributed by atoms with Gasteiger partial charge in [0, 0.05) is 19.5 Å². The summed E-state index contributed by atoms with van der Waals surface area (Å²) >= 11 is 0. The molecule has 1 fully saturated rings. The zero-order valence-corrected chi connectivity index (χ0v) is 16.5. The minimum Gasteiger partial charge on any atom is -0.313 e. The molecular weight excluding hydrogens is 372 g/mol. The van der Waals surface area contributed by atoms with Crippen LogP contribution in [0.5, 0.6) is 0 Å². The third kappa shape index (κ3) is 4.15. The Morgan fingerprint density at radius 3 is 2.25 bits per heavy atom. The van der Waals surface area contributed by atoms with Crippen LogP contribution in [0.15, 0.2) is 71.9 Å². The van der Waals surface area contributed by atoms with E-state index in [9.17, 15) is 8.42 Å². The van der Waals surface area contributed by atoms with Gasteiger partial charge >= 0.3 is 0 Å². The van der Waals surface area contributed by atoms with Crippen LogP contribution in [0.3, 0.4) is 0 Å². The van der Waals surface area contributed by atoms with Crippen LogP contribution >= 0.6 is 0 Å². The van der Waals surface area contributed by atoms with Gasteiger partial charge in [-0.05, 0) is 36.5 Å². The molecule has 0 N–H and O–H groups in total. The maximum absolute atomic E-state index is 12.8. The predicted octanol–water partition coefficient (Wildman–Crippen LogP) is 2.97. The molecule has 0 saturated carbocycles. The van der Waals surface area contributed by atoms with Crippen LogP contribution in [-0.2, 0) is 23.0 Å². The number of piperidine rings is 1. The van der Waals surface area contributed by atoms with Gasteiger partial charge in [-0.25, -0.2) is 8.42 Å². The number of benzene rings is 2. The first-order valence-electron chi connectivity index (χ1n) is 9.59. The van der Waals surface area contributed by atoms with E-state index in [0.717, 1.165) is 31.6 Å². The number of aromatic nitrogens is 3. The minimum absolute atomic E-state index is 0.371. The Hall–Kier alpha value is -2.51. The third-order valence-corrected chi connectivity index (χ3v) is 7.23. The molecule has 2 aromatic carbocycles. The van der Waals surface area contributed by atoms with Gasteiger partial charge < -0.3 is 4.57 Å². The molecule has 146 valence electrons. The fraction of sp³-hybridized carbons (Fsp3) is 0.333. The highest BCUT2D eigenvalue weighted by Crippen LogP contribution is 2.25. The van der Waals surface area contributed by atoms with Crippen LogP contribution in [0.2, 0.25) is 0 Å². The lowest BCUT2D eigenvalue weighted by atomic mass is 9.94. The van der Waals surface area contributed by atoms with Crippen molar-refractivity contribution in [1.82, 2.24) is 19.1 Å². The summed E-state index contributed by atoms with van der Waals surface area (Å²) in [4.78, 5) is 0.371. The van der Waals surface area contributed by atoms with Crippen LogP contribution < -0.4 is 0 Å². The summed E-state index contributed by atoms with van der Waals surface area (Å²) in [6.07, 6.45) is 4.28. The normalized spacial score (nSPS) is 16.3. The number of rotatable bonds is 6. The Kier molecular flexibility index (Phi) is 5.54. The summed E-state index contributed by atoms with van der Waals surface area (Å²) in [7, 11) is -3.40. The van der Waals surface area contributed by atoms with Crippen molar-refractivity contribution in [2.45, 2.75) is 30.7 Å². The van der Waals surface area contributed by atoms with E-state index in [1.54, 1.807) is 34.9 Å². The topological polar surface area (TPSA) is 68.1 Å². The van der Waals surface area contributed by atoms with Gasteiger partial charge in [-0.15, -0.1) is 10.2 Å². The molecule has 0 spiro atoms. The Morgan fingerprint density at radius 2 is 1.57 bits per heavy atom. The maximum atomic E-state index is 12.8. The summed E-state index contributed by atoms with van der Waals surface area (Å²) in [5.74, 6) is 1.38. The van der Waals surface area contributed by atoms with Crippen molar-refractivity contribution in [2.24, 2.45) is 5.92 Å². The van der Waals surface area contributed by atoms with Gasteiger partial charge in [0.25, 0.3) is 0 Å². The van der Waals surface area contributed by atoms with Crippen molar-refractivity contribution in [3.8, 4) is 0 Å². The molecule has 6 nitrogen and oxygen atoms in total. The largest absolute Gasteiger partial charge is 0.313 e. The smallest absolute Gasteiger partial charge is 0.243 e. The van der Waals surface area contributed by atoms with E-state index < -0.39 is 10.0 Å². The Morgan fingerprint density at radius 1 is 0.929 bits per heavy atom. The molecule has 0 bridgehead atoms. The van der Waals surface area contributed by atoms with Crippen molar-refractivity contribution in [3.05, 3.63) is 78.4 Å². The summed E-state index contributed by atoms with van der Waals surface area (Å²) < 4.78 is 29.2. The monoisotopic (exact) mass is 396 g/mol. The predicted molar refractivity (Wildman–Crippen MR) is 107 cm³/mol. The average molecular weight is 397 g/mol. The van der Waals surface area contributed by atoms with Crippen LogP contribution in [0.4, 0.5) is 0 Å². The van der Waals surface area contributed by atoms with E-state index in [4.69, 9.17) is 0 Å². The molecular formula is C21H24N4O2S. The Balaban J connectivity index is 1.37. The molecule has 1 aliphatic rings. The molecule has 0 atom stereocenters. The van der Waals surface area contributed by atoms with E-state index >= 15 is 0 Å². The number of hydrogen-bond acceptors (Lipinski definition) is 4. The molecule has 1 saturated heterocycles. The van der Waals surface area contributed by atoms with Gasteiger partial charge in [0.15, 0.2) is 0 Å². The highest BCUT2D eigenvalue weighted by molar-refractivity contribution is 7.89. The summed E-state index contributed by atoms with van der Waals surface area (Å²) in [6, 6.07) is 18.9. The van der Waals surface area contributed by atoms with Crippen molar-refractivity contribution >= 4 is 10.0 Å². The third-order valence-electron chi connectivity index (χ3n) is 5.32. The molecule has 1 aromatic heterocycles. The van der Waals surface area contributed by atoms with Gasteiger partial charge in [0.1, 0.15) is 12.2 Å². The number of hydrogen-bond donors (Lipinski definition) is 0. The standard InChI is InChI=1S/C21H24N4O2S/c26-28(27,20-9-5-2-6-10-20)25-13-11-18(12-14-25)15-21-23-22-17-24(21)16-19-7-3-1-4-8-19/h1-10,17-18H,11-16H2. The van der Waals surface area contributed by atoms with Crippen LogP contribution in [0.1, 0.15) is 24.2 Å². The van der Waals surface area contributed by atoms with Crippen molar-refractivity contribution in [3.63, 3.8) is 0 Å². The molecule has 7 heteroatoms. The minimum atomic E-state index is -3.40. The Bertz CT molecular complexity index is 995. The SMILES string of the molecule is O=S(=O)(c1ccccc1)N1CCC(Cc2nncn2Cc2ccccc2)CC1. The summed E-state index contributed by atoms with van der Waals surface area (Å²) in [5.41, 5.74) is 1.22. The molecule has 2 heterocycles. The lowest BCUT2D eigenvalue weighted by Gasteiger charge is -2.31. The first kappa shape index (κ1) is 18.8. The highest BCUT2D eigenvalue weighted by Gasteiger charge is 2.29. The number of nitrogens with zero attached hydrogens (tertiary/aromatic N) is 4. The summed E-state index contributed by atoms with van der Waals surface area (Å²) in [5, 5.41) is 8.39. The van der Waals surface area contributed by atoms with Crippen LogP contribution in [0, 0.1) is 5.92 Å². The molecule has 0 unspecified atom stereocenters. The molecule has 4 rings (SSSR count). The molecule has 0 aliphatic carbocycles. The first-order chi connectivity index (χ1) is 13.6. The van der Waals surface area contributed by atoms with Crippen molar-refractivity contribution in [1.29, 1.82) is 0 Å². The van der Waals surface area contributed by atoms with E-state index in [-0.39, 0.29) is 0 Å². The second-order valence-electron chi connectivity index (χ2n) is 7.23. The second-order valence-corrected chi connectivity index (χ2v) is 9.16. The lowest BCUT2D eigenvalue weighted by molar-refractivity contribution is 0.269. The molecule has 28 heavy (non-hydrogen) atoms. The molecule has 0 amide bonds. The van der Waals surface area contributed by atoms with Crippen molar-refractivity contribution in [2.75, 3.05) is 13.1 Å². The molecule has 0 radical (unpaired) electrons. The van der Waals surface area contributed by atoms with Gasteiger partial charge in [-0.1, -0.05) is 48.5 Å². The fourth-order valence-electron chi connectivity index (χ4n) is 3.70. The Labute approximate surface area is 165 Å². The van der Waals surface area contributed by atoms with E-state index in [2.05, 4.69) is 26.9 Å². The lowest BCUT2D eigenvalue weighted by Crippen LogP contribution is -2.39. The van der Waals surface area contributed by atoms with E-state index in [1.165, 1.54) is 5.56 Å². The van der Waals surface area contributed by atoms with Gasteiger partial charge in [0.2, 0.25) is 10.0 Å². The van der Waals surface area contributed by atoms with E-state index in [1.807, 2.05) is 24.3 Å². The van der Waals surface area contributed by atoms with Gasteiger partial charge in [0.05, 0.1) is 11.4 Å². The van der Waals surface area contributed by atoms with Crippen molar-refractivity contribution < 1.29 is 8.42 Å². The fourth-order valence-corrected chi connectivity index (χ4v) is 5.19. The zero-order chi connectivity index (χ0) is 19.4. The van der Waals surface area contributed by atoms with Gasteiger partial charge in [-0.2, -0.15) is 4.31 Å². The van der Waals surface area contributed by atoms with Gasteiger partial charge in [-0.3, -0.25) is 0 Å². The second kappa shape index (κ2) is 8.24. The first-order valence-corrected chi connectivity index (χ1v) is 11.0. The molecule has 1 aliphatic heterocycles. The highest BCUT2D eigenvalue weighted by atomic mass is 32.2. The number of sulfonamides is 1. The van der Waals surface area contributed by atoms with Crippen LogP contribution in [0.25, 0.3) is 0 Å².